The van der Waals surface area contributed by atoms with Gasteiger partial charge >= 0.3 is 5.97 Å². The lowest BCUT2D eigenvalue weighted by atomic mass is 9.96. The number of esters is 1. The van der Waals surface area contributed by atoms with Crippen LogP contribution in [-0.4, -0.2) is 36.1 Å². The zero-order valence-electron chi connectivity index (χ0n) is 16.2. The van der Waals surface area contributed by atoms with Crippen molar-refractivity contribution in [3.8, 4) is 5.75 Å². The SMILES string of the molecule is COC(=O)CC(Cc1ccc(O)cc1)c1nc(C(=O)N(C)c2ccccc2)co1. The maximum Gasteiger partial charge on any atom is 0.306 e. The van der Waals surface area contributed by atoms with Gasteiger partial charge in [0.05, 0.1) is 19.4 Å². The van der Waals surface area contributed by atoms with Crippen LogP contribution in [0.25, 0.3) is 0 Å². The van der Waals surface area contributed by atoms with Gasteiger partial charge in [0.2, 0.25) is 0 Å². The predicted molar refractivity (Wildman–Crippen MR) is 107 cm³/mol. The second-order valence-corrected chi connectivity index (χ2v) is 6.62. The summed E-state index contributed by atoms with van der Waals surface area (Å²) in [6, 6.07) is 15.9. The smallest absolute Gasteiger partial charge is 0.306 e. The molecule has 0 radical (unpaired) electrons. The lowest BCUT2D eigenvalue weighted by Gasteiger charge is -2.15. The van der Waals surface area contributed by atoms with Crippen LogP contribution in [0.5, 0.6) is 5.75 Å². The minimum Gasteiger partial charge on any atom is -0.508 e. The molecular formula is C22H22N2O5. The molecule has 3 rings (SSSR count). The molecule has 29 heavy (non-hydrogen) atoms. The Kier molecular flexibility index (Phi) is 6.29. The zero-order valence-corrected chi connectivity index (χ0v) is 16.2. The highest BCUT2D eigenvalue weighted by Crippen LogP contribution is 2.26. The minimum absolute atomic E-state index is 0.0556. The topological polar surface area (TPSA) is 92.9 Å². The summed E-state index contributed by atoms with van der Waals surface area (Å²) >= 11 is 0. The van der Waals surface area contributed by atoms with Crippen molar-refractivity contribution in [2.24, 2.45) is 0 Å². The van der Waals surface area contributed by atoms with E-state index in [4.69, 9.17) is 9.15 Å². The Morgan fingerprint density at radius 2 is 1.83 bits per heavy atom. The number of methoxy groups -OCH3 is 1. The van der Waals surface area contributed by atoms with Gasteiger partial charge in [-0.2, -0.15) is 0 Å². The number of phenolic OH excluding ortho intramolecular Hbond substituents is 1. The number of carbonyl (C=O) groups is 2. The van der Waals surface area contributed by atoms with E-state index in [9.17, 15) is 14.7 Å². The monoisotopic (exact) mass is 394 g/mol. The fourth-order valence-corrected chi connectivity index (χ4v) is 2.96. The third-order valence-corrected chi connectivity index (χ3v) is 4.60. The average Bonchev–Trinajstić information content (AvgIpc) is 3.24. The molecule has 0 saturated carbocycles. The first-order valence-corrected chi connectivity index (χ1v) is 9.11. The van der Waals surface area contributed by atoms with Crippen molar-refractivity contribution in [1.82, 2.24) is 4.98 Å². The van der Waals surface area contributed by atoms with Crippen LogP contribution in [0, 0.1) is 0 Å². The quantitative estimate of drug-likeness (QED) is 0.616. The summed E-state index contributed by atoms with van der Waals surface area (Å²) in [7, 11) is 2.98. The van der Waals surface area contributed by atoms with Crippen molar-refractivity contribution in [1.29, 1.82) is 0 Å². The Hall–Kier alpha value is -3.61. The van der Waals surface area contributed by atoms with Crippen LogP contribution in [-0.2, 0) is 16.0 Å². The van der Waals surface area contributed by atoms with E-state index in [0.717, 1.165) is 11.3 Å². The van der Waals surface area contributed by atoms with Crippen LogP contribution >= 0.6 is 0 Å². The summed E-state index contributed by atoms with van der Waals surface area (Å²) in [6.45, 7) is 0. The van der Waals surface area contributed by atoms with E-state index >= 15 is 0 Å². The molecule has 0 aliphatic carbocycles. The molecule has 2 aromatic carbocycles. The van der Waals surface area contributed by atoms with Crippen LogP contribution in [0.2, 0.25) is 0 Å². The number of phenols is 1. The molecule has 0 saturated heterocycles. The molecule has 1 heterocycles. The van der Waals surface area contributed by atoms with Gasteiger partial charge in [-0.1, -0.05) is 30.3 Å². The summed E-state index contributed by atoms with van der Waals surface area (Å²) in [6.07, 6.45) is 1.80. The van der Waals surface area contributed by atoms with Gasteiger partial charge in [-0.05, 0) is 36.2 Å². The number of ether oxygens (including phenoxy) is 1. The molecule has 1 amide bonds. The van der Waals surface area contributed by atoms with Gasteiger partial charge in [-0.15, -0.1) is 0 Å². The van der Waals surface area contributed by atoms with E-state index in [2.05, 4.69) is 4.98 Å². The summed E-state index contributed by atoms with van der Waals surface area (Å²) in [5, 5.41) is 9.45. The summed E-state index contributed by atoms with van der Waals surface area (Å²) in [5.41, 5.74) is 1.79. The highest BCUT2D eigenvalue weighted by atomic mass is 16.5. The first-order valence-electron chi connectivity index (χ1n) is 9.11. The zero-order chi connectivity index (χ0) is 20.8. The second kappa shape index (κ2) is 9.05. The van der Waals surface area contributed by atoms with E-state index in [1.807, 2.05) is 30.3 Å². The van der Waals surface area contributed by atoms with Gasteiger partial charge in [0.15, 0.2) is 11.6 Å². The molecule has 1 unspecified atom stereocenters. The number of aromatic hydroxyl groups is 1. The molecule has 7 nitrogen and oxygen atoms in total. The number of benzene rings is 2. The molecule has 7 heteroatoms. The number of aromatic nitrogens is 1. The third-order valence-electron chi connectivity index (χ3n) is 4.60. The largest absolute Gasteiger partial charge is 0.508 e. The molecule has 1 N–H and O–H groups in total. The Labute approximate surface area is 168 Å². The molecule has 0 bridgehead atoms. The van der Waals surface area contributed by atoms with Crippen LogP contribution in [0.1, 0.15) is 34.3 Å². The van der Waals surface area contributed by atoms with Crippen molar-refractivity contribution in [2.45, 2.75) is 18.8 Å². The van der Waals surface area contributed by atoms with E-state index in [1.54, 1.807) is 31.3 Å². The number of anilines is 1. The Morgan fingerprint density at radius 1 is 1.14 bits per heavy atom. The van der Waals surface area contributed by atoms with Gasteiger partial charge in [-0.3, -0.25) is 9.59 Å². The number of nitrogens with zero attached hydrogens (tertiary/aromatic N) is 2. The summed E-state index contributed by atoms with van der Waals surface area (Å²) < 4.78 is 10.3. The van der Waals surface area contributed by atoms with Crippen LogP contribution in [0.15, 0.2) is 65.3 Å². The van der Waals surface area contributed by atoms with Crippen LogP contribution in [0.3, 0.4) is 0 Å². The van der Waals surface area contributed by atoms with Crippen molar-refractivity contribution >= 4 is 17.6 Å². The molecule has 0 fully saturated rings. The summed E-state index contributed by atoms with van der Waals surface area (Å²) in [5.74, 6) is -0.677. The van der Waals surface area contributed by atoms with Crippen molar-refractivity contribution < 1.29 is 23.8 Å². The number of hydrogen-bond acceptors (Lipinski definition) is 6. The number of oxazole rings is 1. The highest BCUT2D eigenvalue weighted by molar-refractivity contribution is 6.04. The molecule has 0 aliphatic rings. The molecule has 0 aliphatic heterocycles. The molecule has 150 valence electrons. The Bertz CT molecular complexity index is 966. The van der Waals surface area contributed by atoms with Crippen LogP contribution in [0.4, 0.5) is 5.69 Å². The van der Waals surface area contributed by atoms with Gasteiger partial charge in [0.25, 0.3) is 5.91 Å². The van der Waals surface area contributed by atoms with Gasteiger partial charge in [0.1, 0.15) is 12.0 Å². The lowest BCUT2D eigenvalue weighted by Crippen LogP contribution is -2.26. The number of rotatable bonds is 7. The van der Waals surface area contributed by atoms with Crippen LogP contribution < -0.4 is 4.90 Å². The average molecular weight is 394 g/mol. The standard InChI is InChI=1S/C22H22N2O5/c1-24(17-6-4-3-5-7-17)22(27)19-14-29-21(23-19)16(13-20(26)28-2)12-15-8-10-18(25)11-9-15/h3-11,14,16,25H,12-13H2,1-2H3. The normalized spacial score (nSPS) is 11.7. The first-order chi connectivity index (χ1) is 14.0. The molecule has 1 aromatic heterocycles. The second-order valence-electron chi connectivity index (χ2n) is 6.62. The van der Waals surface area contributed by atoms with Gasteiger partial charge in [0, 0.05) is 12.7 Å². The maximum absolute atomic E-state index is 12.7. The van der Waals surface area contributed by atoms with Crippen molar-refractivity contribution in [3.05, 3.63) is 78.0 Å². The fraction of sp³-hybridized carbons (Fsp3) is 0.227. The molecule has 3 aromatic rings. The third kappa shape index (κ3) is 5.01. The van der Waals surface area contributed by atoms with Crippen molar-refractivity contribution in [3.63, 3.8) is 0 Å². The maximum atomic E-state index is 12.7. The lowest BCUT2D eigenvalue weighted by molar-refractivity contribution is -0.141. The number of hydrogen-bond donors (Lipinski definition) is 1. The molecular weight excluding hydrogens is 372 g/mol. The van der Waals surface area contributed by atoms with Gasteiger partial charge in [-0.25, -0.2) is 4.98 Å². The molecule has 1 atom stereocenters. The van der Waals surface area contributed by atoms with E-state index in [0.29, 0.717) is 6.42 Å². The highest BCUT2D eigenvalue weighted by Gasteiger charge is 2.25. The Balaban J connectivity index is 1.81. The van der Waals surface area contributed by atoms with Gasteiger partial charge < -0.3 is 19.2 Å². The van der Waals surface area contributed by atoms with E-state index in [-0.39, 0.29) is 29.7 Å². The predicted octanol–water partition coefficient (Wildman–Crippen LogP) is 3.55. The van der Waals surface area contributed by atoms with Crippen molar-refractivity contribution in [2.75, 3.05) is 19.1 Å². The molecule has 0 spiro atoms. The van der Waals surface area contributed by atoms with E-state index in [1.165, 1.54) is 18.3 Å². The number of para-hydroxylation sites is 1. The number of amides is 1. The first kappa shape index (κ1) is 20.1. The number of carbonyl (C=O) groups excluding carboxylic acids is 2. The fourth-order valence-electron chi connectivity index (χ4n) is 2.96. The Morgan fingerprint density at radius 3 is 2.48 bits per heavy atom. The minimum atomic E-state index is -0.407. The van der Waals surface area contributed by atoms with E-state index < -0.39 is 11.9 Å². The summed E-state index contributed by atoms with van der Waals surface area (Å²) in [4.78, 5) is 30.4.